The van der Waals surface area contributed by atoms with Crippen LogP contribution in [0.2, 0.25) is 0 Å². The molecule has 2 fully saturated rings. The van der Waals surface area contributed by atoms with E-state index < -0.39 is 0 Å². The van der Waals surface area contributed by atoms with E-state index in [-0.39, 0.29) is 0 Å². The normalized spacial score (nSPS) is 29.2. The summed E-state index contributed by atoms with van der Waals surface area (Å²) in [4.78, 5) is 2.65. The molecule has 1 aromatic rings. The highest BCUT2D eigenvalue weighted by Crippen LogP contribution is 2.43. The molecule has 3 rings (SSSR count). The van der Waals surface area contributed by atoms with Crippen molar-refractivity contribution in [2.24, 2.45) is 5.41 Å². The lowest BCUT2D eigenvalue weighted by Gasteiger charge is -2.22. The van der Waals surface area contributed by atoms with E-state index in [2.05, 4.69) is 47.9 Å². The first-order valence-corrected chi connectivity index (χ1v) is 7.77. The Bertz CT molecular complexity index is 378. The van der Waals surface area contributed by atoms with Gasteiger partial charge in [-0.1, -0.05) is 29.8 Å². The first-order chi connectivity index (χ1) is 8.26. The molecule has 92 valence electrons. The van der Waals surface area contributed by atoms with Gasteiger partial charge in [-0.15, -0.1) is 0 Å². The molecule has 0 saturated carbocycles. The van der Waals surface area contributed by atoms with Crippen molar-refractivity contribution in [2.45, 2.75) is 26.3 Å². The maximum Gasteiger partial charge on any atom is 0.0233 e. The molecule has 0 bridgehead atoms. The number of likely N-dealkylation sites (tertiary alicyclic amines) is 1. The van der Waals surface area contributed by atoms with Crippen LogP contribution in [0.4, 0.5) is 0 Å². The molecular formula is C15H21NS. The van der Waals surface area contributed by atoms with Gasteiger partial charge in [0.1, 0.15) is 0 Å². The number of thioether (sulfide) groups is 1. The van der Waals surface area contributed by atoms with Crippen molar-refractivity contribution >= 4 is 11.8 Å². The highest BCUT2D eigenvalue weighted by molar-refractivity contribution is 7.99. The third kappa shape index (κ3) is 2.53. The van der Waals surface area contributed by atoms with Crippen LogP contribution in [0.5, 0.6) is 0 Å². The van der Waals surface area contributed by atoms with Gasteiger partial charge in [-0.05, 0) is 43.0 Å². The fourth-order valence-corrected chi connectivity index (χ4v) is 4.62. The Morgan fingerprint density at radius 1 is 1.24 bits per heavy atom. The number of hydrogen-bond acceptors (Lipinski definition) is 2. The van der Waals surface area contributed by atoms with Crippen LogP contribution < -0.4 is 0 Å². The zero-order chi connectivity index (χ0) is 11.7. The van der Waals surface area contributed by atoms with Gasteiger partial charge in [0.05, 0.1) is 0 Å². The molecule has 0 amide bonds. The van der Waals surface area contributed by atoms with Crippen molar-refractivity contribution in [1.29, 1.82) is 0 Å². The first kappa shape index (κ1) is 11.6. The molecule has 0 aromatic heterocycles. The topological polar surface area (TPSA) is 3.24 Å². The van der Waals surface area contributed by atoms with E-state index >= 15 is 0 Å². The Labute approximate surface area is 109 Å². The third-order valence-corrected chi connectivity index (χ3v) is 5.54. The van der Waals surface area contributed by atoms with Crippen LogP contribution in [0.3, 0.4) is 0 Å². The van der Waals surface area contributed by atoms with Gasteiger partial charge in [0, 0.05) is 18.8 Å². The molecule has 2 aliphatic rings. The van der Waals surface area contributed by atoms with Gasteiger partial charge in [0.15, 0.2) is 0 Å². The summed E-state index contributed by atoms with van der Waals surface area (Å²) in [5.74, 6) is 2.79. The molecular weight excluding hydrogens is 226 g/mol. The summed E-state index contributed by atoms with van der Waals surface area (Å²) in [5, 5.41) is 0. The van der Waals surface area contributed by atoms with Crippen molar-refractivity contribution < 1.29 is 0 Å². The molecule has 0 unspecified atom stereocenters. The average molecular weight is 247 g/mol. The summed E-state index contributed by atoms with van der Waals surface area (Å²) in [6, 6.07) is 9.02. The molecule has 1 atom stereocenters. The van der Waals surface area contributed by atoms with Gasteiger partial charge in [-0.2, -0.15) is 11.8 Å². The summed E-state index contributed by atoms with van der Waals surface area (Å²) < 4.78 is 0. The Hall–Kier alpha value is -0.470. The van der Waals surface area contributed by atoms with E-state index in [1.165, 1.54) is 48.6 Å². The van der Waals surface area contributed by atoms with Crippen LogP contribution in [0, 0.1) is 12.3 Å². The molecule has 2 aliphatic heterocycles. The quantitative estimate of drug-likeness (QED) is 0.788. The maximum absolute atomic E-state index is 2.65. The molecule has 2 heteroatoms. The predicted octanol–water partition coefficient (Wildman–Crippen LogP) is 3.32. The molecule has 2 heterocycles. The van der Waals surface area contributed by atoms with Gasteiger partial charge in [0.2, 0.25) is 0 Å². The molecule has 0 aliphatic carbocycles. The van der Waals surface area contributed by atoms with Crippen molar-refractivity contribution in [1.82, 2.24) is 4.90 Å². The molecule has 17 heavy (non-hydrogen) atoms. The molecule has 0 N–H and O–H groups in total. The van der Waals surface area contributed by atoms with E-state index in [1.807, 2.05) is 0 Å². The Balaban J connectivity index is 1.62. The highest BCUT2D eigenvalue weighted by atomic mass is 32.2. The van der Waals surface area contributed by atoms with Crippen molar-refractivity contribution in [2.75, 3.05) is 24.6 Å². The van der Waals surface area contributed by atoms with Gasteiger partial charge < -0.3 is 0 Å². The van der Waals surface area contributed by atoms with Gasteiger partial charge in [-0.3, -0.25) is 4.90 Å². The van der Waals surface area contributed by atoms with Gasteiger partial charge in [0.25, 0.3) is 0 Å². The first-order valence-electron chi connectivity index (χ1n) is 6.62. The summed E-state index contributed by atoms with van der Waals surface area (Å²) in [6.45, 7) is 5.93. The van der Waals surface area contributed by atoms with Crippen molar-refractivity contribution in [3.8, 4) is 0 Å². The van der Waals surface area contributed by atoms with E-state index in [9.17, 15) is 0 Å². The maximum atomic E-state index is 2.65. The second-order valence-corrected chi connectivity index (χ2v) is 6.85. The summed E-state index contributed by atoms with van der Waals surface area (Å²) in [5.41, 5.74) is 3.51. The molecule has 2 saturated heterocycles. The minimum Gasteiger partial charge on any atom is -0.298 e. The molecule has 0 radical (unpaired) electrons. The molecule has 1 nitrogen and oxygen atoms in total. The van der Waals surface area contributed by atoms with Crippen molar-refractivity contribution in [3.63, 3.8) is 0 Å². The van der Waals surface area contributed by atoms with Crippen LogP contribution >= 0.6 is 11.8 Å². The SMILES string of the molecule is Cc1ccc(CN2CC[C@]3(CCSC3)C2)cc1. The minimum absolute atomic E-state index is 0.676. The Morgan fingerprint density at radius 3 is 2.76 bits per heavy atom. The minimum atomic E-state index is 0.676. The third-order valence-electron chi connectivity index (χ3n) is 4.23. The van der Waals surface area contributed by atoms with Crippen LogP contribution in [-0.2, 0) is 6.54 Å². The lowest BCUT2D eigenvalue weighted by atomic mass is 9.87. The predicted molar refractivity (Wildman–Crippen MR) is 75.4 cm³/mol. The van der Waals surface area contributed by atoms with Crippen LogP contribution in [0.25, 0.3) is 0 Å². The Morgan fingerprint density at radius 2 is 2.06 bits per heavy atom. The number of benzene rings is 1. The summed E-state index contributed by atoms with van der Waals surface area (Å²) in [7, 11) is 0. The van der Waals surface area contributed by atoms with E-state index in [0.29, 0.717) is 5.41 Å². The zero-order valence-corrected chi connectivity index (χ0v) is 11.4. The summed E-state index contributed by atoms with van der Waals surface area (Å²) in [6.07, 6.45) is 2.87. The highest BCUT2D eigenvalue weighted by Gasteiger charge is 2.40. The molecule has 1 aromatic carbocycles. The number of hydrogen-bond donors (Lipinski definition) is 0. The lowest BCUT2D eigenvalue weighted by Crippen LogP contribution is -2.26. The monoisotopic (exact) mass is 247 g/mol. The largest absolute Gasteiger partial charge is 0.298 e. The van der Waals surface area contributed by atoms with Crippen LogP contribution in [-0.4, -0.2) is 29.5 Å². The van der Waals surface area contributed by atoms with E-state index in [0.717, 1.165) is 6.54 Å². The smallest absolute Gasteiger partial charge is 0.0233 e. The van der Waals surface area contributed by atoms with Gasteiger partial charge in [-0.25, -0.2) is 0 Å². The second kappa shape index (κ2) is 4.66. The van der Waals surface area contributed by atoms with Crippen LogP contribution in [0.1, 0.15) is 24.0 Å². The fraction of sp³-hybridized carbons (Fsp3) is 0.600. The van der Waals surface area contributed by atoms with Crippen molar-refractivity contribution in [3.05, 3.63) is 35.4 Å². The van der Waals surface area contributed by atoms with Gasteiger partial charge >= 0.3 is 0 Å². The number of rotatable bonds is 2. The van der Waals surface area contributed by atoms with E-state index in [4.69, 9.17) is 0 Å². The standard InChI is InChI=1S/C15H21NS/c1-13-2-4-14(5-3-13)10-16-8-6-15(11-16)7-9-17-12-15/h2-5H,6-12H2,1H3/t15-/m0/s1. The average Bonchev–Trinajstić information content (AvgIpc) is 2.94. The fourth-order valence-electron chi connectivity index (χ4n) is 3.09. The zero-order valence-electron chi connectivity index (χ0n) is 10.6. The number of nitrogens with zero attached hydrogens (tertiary/aromatic N) is 1. The molecule has 1 spiro atoms. The van der Waals surface area contributed by atoms with E-state index in [1.54, 1.807) is 0 Å². The second-order valence-electron chi connectivity index (χ2n) is 5.75. The lowest BCUT2D eigenvalue weighted by molar-refractivity contribution is 0.274. The Kier molecular flexibility index (Phi) is 3.18. The summed E-state index contributed by atoms with van der Waals surface area (Å²) >= 11 is 2.15. The number of aryl methyl sites for hydroxylation is 1. The van der Waals surface area contributed by atoms with Crippen LogP contribution in [0.15, 0.2) is 24.3 Å².